The second kappa shape index (κ2) is 4.92. The molecule has 0 nitrogen and oxygen atoms in total. The van der Waals surface area contributed by atoms with Gasteiger partial charge in [0.1, 0.15) is 0 Å². The molecule has 3 heteroatoms. The second-order valence-corrected chi connectivity index (χ2v) is 30.6. The molecule has 2 bridgehead atoms. The Morgan fingerprint density at radius 1 is 0.955 bits per heavy atom. The molecule has 1 aromatic carbocycles. The van der Waals surface area contributed by atoms with Crippen LogP contribution >= 0.6 is 0 Å². The zero-order chi connectivity index (χ0) is 16.2. The van der Waals surface area contributed by atoms with Gasteiger partial charge in [-0.05, 0) is 11.1 Å². The summed E-state index contributed by atoms with van der Waals surface area (Å²) in [5.74, 6) is 0. The van der Waals surface area contributed by atoms with Gasteiger partial charge in [-0.1, -0.05) is 99.6 Å². The molecule has 118 valence electrons. The number of rotatable bonds is 3. The van der Waals surface area contributed by atoms with Crippen molar-refractivity contribution in [3.63, 3.8) is 0 Å². The Kier molecular flexibility index (Phi) is 3.63. The van der Waals surface area contributed by atoms with Gasteiger partial charge in [0, 0.05) is 13.1 Å². The molecule has 0 N–H and O–H groups in total. The fraction of sp³-hybridized carbons (Fsp3) is 0.474. The summed E-state index contributed by atoms with van der Waals surface area (Å²) in [6.07, 6.45) is 10.3. The first-order valence-corrected chi connectivity index (χ1v) is 19.1. The molecule has 2 aliphatic heterocycles. The molecule has 0 fully saturated rings. The van der Waals surface area contributed by atoms with Gasteiger partial charge in [-0.15, -0.1) is 0 Å². The van der Waals surface area contributed by atoms with E-state index in [1.54, 1.807) is 11.2 Å². The lowest BCUT2D eigenvalue weighted by Gasteiger charge is -2.61. The maximum Gasteiger partial charge on any atom is 0.0637 e. The van der Waals surface area contributed by atoms with Gasteiger partial charge in [-0.25, -0.2) is 0 Å². The monoisotopic (exact) mass is 342 g/mol. The van der Waals surface area contributed by atoms with Gasteiger partial charge in [0.15, 0.2) is 0 Å². The molecule has 0 aromatic heterocycles. The van der Waals surface area contributed by atoms with Crippen LogP contribution in [0.2, 0.25) is 50.5 Å². The van der Waals surface area contributed by atoms with Crippen LogP contribution in [0, 0.1) is 0 Å². The molecule has 2 heterocycles. The molecular formula is C19H30Si3. The van der Waals surface area contributed by atoms with Crippen molar-refractivity contribution in [2.75, 3.05) is 0 Å². The molecule has 0 saturated carbocycles. The van der Waals surface area contributed by atoms with E-state index in [0.717, 1.165) is 5.54 Å². The maximum atomic E-state index is 2.75. The van der Waals surface area contributed by atoms with Gasteiger partial charge in [0.2, 0.25) is 0 Å². The zero-order valence-corrected chi connectivity index (χ0v) is 18.0. The van der Waals surface area contributed by atoms with Gasteiger partial charge in [0.25, 0.3) is 0 Å². The highest BCUT2D eigenvalue weighted by Crippen LogP contribution is 2.56. The summed E-state index contributed by atoms with van der Waals surface area (Å²) in [7, 11) is -3.83. The van der Waals surface area contributed by atoms with Crippen LogP contribution < -0.4 is 0 Å². The van der Waals surface area contributed by atoms with Crippen LogP contribution in [0.4, 0.5) is 0 Å². The first-order chi connectivity index (χ1) is 10.1. The standard InChI is InChI=1S/C19H30Si3/c1-20(2,3)16-22(6)19(17-10-8-7-9-11-17)14-12-18(13-15-19)21(22,4)5/h7-15,18H,16H2,1-6H3. The summed E-state index contributed by atoms with van der Waals surface area (Å²) in [6.45, 7) is 15.9. The average Bonchev–Trinajstić information content (AvgIpc) is 2.44. The number of fused-ring (bicyclic) bond motifs is 1. The topological polar surface area (TPSA) is 0 Å². The lowest BCUT2D eigenvalue weighted by atomic mass is 9.93. The highest BCUT2D eigenvalue weighted by molar-refractivity contribution is 7.45. The molecule has 0 radical (unpaired) electrons. The molecule has 1 unspecified atom stereocenters. The van der Waals surface area contributed by atoms with Crippen LogP contribution in [0.25, 0.3) is 0 Å². The smallest absolute Gasteiger partial charge is 0.0637 e. The van der Waals surface area contributed by atoms with E-state index in [1.807, 2.05) is 0 Å². The third-order valence-corrected chi connectivity index (χ3v) is 33.2. The van der Waals surface area contributed by atoms with E-state index >= 15 is 0 Å². The van der Waals surface area contributed by atoms with Crippen LogP contribution in [0.3, 0.4) is 0 Å². The first-order valence-electron chi connectivity index (χ1n) is 8.57. The van der Waals surface area contributed by atoms with Gasteiger partial charge < -0.3 is 0 Å². The van der Waals surface area contributed by atoms with Crippen LogP contribution in [0.15, 0.2) is 54.6 Å². The Labute approximate surface area is 139 Å². The minimum atomic E-state index is -1.44. The number of allylic oxidation sites excluding steroid dienone is 4. The van der Waals surface area contributed by atoms with E-state index in [1.165, 1.54) is 0 Å². The Balaban J connectivity index is 2.24. The normalized spacial score (nSPS) is 35.8. The van der Waals surface area contributed by atoms with Crippen molar-refractivity contribution in [1.29, 1.82) is 0 Å². The fourth-order valence-corrected chi connectivity index (χ4v) is 37.0. The SMILES string of the molecule is C[Si](C)(C)C[Si]1(C)C2(c3ccccc3)C=CC(C=C2)[Si]1(C)C. The molecular weight excluding hydrogens is 312 g/mol. The Hall–Kier alpha value is -0.649. The van der Waals surface area contributed by atoms with Crippen molar-refractivity contribution in [3.05, 3.63) is 60.2 Å². The van der Waals surface area contributed by atoms with E-state index in [9.17, 15) is 0 Å². The Bertz CT molecular complexity index is 608. The highest BCUT2D eigenvalue weighted by Gasteiger charge is 2.63. The van der Waals surface area contributed by atoms with Gasteiger partial charge in [-0.3, -0.25) is 0 Å². The highest BCUT2D eigenvalue weighted by atomic mass is 29.3. The van der Waals surface area contributed by atoms with Crippen molar-refractivity contribution < 1.29 is 0 Å². The second-order valence-electron chi connectivity index (χ2n) is 9.27. The summed E-state index contributed by atoms with van der Waals surface area (Å²) in [4.78, 5) is 0. The van der Waals surface area contributed by atoms with Crippen molar-refractivity contribution in [2.45, 2.75) is 55.5 Å². The predicted molar refractivity (Wildman–Crippen MR) is 107 cm³/mol. The van der Waals surface area contributed by atoms with E-state index in [4.69, 9.17) is 0 Å². The van der Waals surface area contributed by atoms with Gasteiger partial charge >= 0.3 is 0 Å². The number of hydrogen-bond donors (Lipinski definition) is 0. The molecule has 1 aromatic rings. The molecule has 3 aliphatic rings. The predicted octanol–water partition coefficient (Wildman–Crippen LogP) is 5.72. The first kappa shape index (κ1) is 16.2. The molecule has 0 amide bonds. The van der Waals surface area contributed by atoms with Crippen LogP contribution in [-0.4, -0.2) is 23.3 Å². The minimum Gasteiger partial charge on any atom is -0.0837 e. The summed E-state index contributed by atoms with van der Waals surface area (Å²) in [5, 5.41) is 0.249. The van der Waals surface area contributed by atoms with Crippen LogP contribution in [0.5, 0.6) is 0 Å². The fourth-order valence-electron chi connectivity index (χ4n) is 5.04. The molecule has 1 aliphatic carbocycles. The van der Waals surface area contributed by atoms with E-state index in [-0.39, 0.29) is 5.04 Å². The lowest BCUT2D eigenvalue weighted by molar-refractivity contribution is 0.863. The quantitative estimate of drug-likeness (QED) is 0.487. The molecule has 0 spiro atoms. The molecule has 0 saturated heterocycles. The maximum absolute atomic E-state index is 2.75. The summed E-state index contributed by atoms with van der Waals surface area (Å²) in [5.41, 5.74) is 3.87. The van der Waals surface area contributed by atoms with E-state index in [0.29, 0.717) is 0 Å². The summed E-state index contributed by atoms with van der Waals surface area (Å²) < 4.78 is 0. The van der Waals surface area contributed by atoms with Crippen molar-refractivity contribution in [3.8, 4) is 0 Å². The van der Waals surface area contributed by atoms with E-state index < -0.39 is 23.3 Å². The Morgan fingerprint density at radius 2 is 1.50 bits per heavy atom. The average molecular weight is 343 g/mol. The Morgan fingerprint density at radius 3 is 2.00 bits per heavy atom. The van der Waals surface area contributed by atoms with Gasteiger partial charge in [-0.2, -0.15) is 0 Å². The van der Waals surface area contributed by atoms with Crippen molar-refractivity contribution in [1.82, 2.24) is 0 Å². The minimum absolute atomic E-state index is 0.249. The number of benzene rings is 1. The summed E-state index contributed by atoms with van der Waals surface area (Å²) in [6, 6.07) is 11.4. The van der Waals surface area contributed by atoms with Gasteiger partial charge in [0.05, 0.1) is 15.2 Å². The van der Waals surface area contributed by atoms with Crippen molar-refractivity contribution in [2.24, 2.45) is 0 Å². The lowest BCUT2D eigenvalue weighted by Crippen LogP contribution is -2.74. The third-order valence-electron chi connectivity index (χ3n) is 6.44. The molecule has 4 rings (SSSR count). The van der Waals surface area contributed by atoms with Crippen molar-refractivity contribution >= 4 is 23.3 Å². The summed E-state index contributed by atoms with van der Waals surface area (Å²) >= 11 is 0. The molecule has 22 heavy (non-hydrogen) atoms. The van der Waals surface area contributed by atoms with Crippen LogP contribution in [-0.2, 0) is 5.04 Å². The van der Waals surface area contributed by atoms with Crippen LogP contribution in [0.1, 0.15) is 5.56 Å². The van der Waals surface area contributed by atoms with E-state index in [2.05, 4.69) is 93.9 Å². The largest absolute Gasteiger partial charge is 0.0837 e. The number of hydrogen-bond acceptors (Lipinski definition) is 0. The zero-order valence-electron chi connectivity index (χ0n) is 15.0. The third kappa shape index (κ3) is 2.13. The molecule has 1 atom stereocenters.